The molecule has 0 radical (unpaired) electrons. The number of carbonyl (C=O) groups is 3. The van der Waals surface area contributed by atoms with Crippen molar-refractivity contribution in [3.63, 3.8) is 0 Å². The summed E-state index contributed by atoms with van der Waals surface area (Å²) in [6.07, 6.45) is 77.1. The van der Waals surface area contributed by atoms with E-state index < -0.39 is 24.3 Å². The molecule has 0 spiro atoms. The highest BCUT2D eigenvalue weighted by atomic mass is 16.7. The molecule has 0 aromatic rings. The predicted molar refractivity (Wildman–Crippen MR) is 322 cm³/mol. The van der Waals surface area contributed by atoms with Crippen molar-refractivity contribution in [1.29, 1.82) is 0 Å². The van der Waals surface area contributed by atoms with Crippen molar-refractivity contribution in [2.24, 2.45) is 0 Å². The molecule has 0 aliphatic carbocycles. The molecule has 9 nitrogen and oxygen atoms in total. The highest BCUT2D eigenvalue weighted by Gasteiger charge is 2.25. The number of hydrogen-bond donors (Lipinski definition) is 1. The first-order valence-electron chi connectivity index (χ1n) is 30.2. The van der Waals surface area contributed by atoms with Crippen LogP contribution >= 0.6 is 0 Å². The molecule has 1 N–H and O–H groups in total. The molecule has 0 aromatic carbocycles. The lowest BCUT2D eigenvalue weighted by atomic mass is 10.1. The molecular weight excluding hydrogens is 947 g/mol. The molecule has 0 heterocycles. The van der Waals surface area contributed by atoms with Gasteiger partial charge in [-0.3, -0.25) is 9.59 Å². The average Bonchev–Trinajstić information content (AvgIpc) is 3.39. The minimum absolute atomic E-state index is 0.178. The first kappa shape index (κ1) is 71.7. The summed E-state index contributed by atoms with van der Waals surface area (Å²) in [7, 11) is 5.95. The third-order valence-corrected chi connectivity index (χ3v) is 12.5. The molecule has 432 valence electrons. The number of ether oxygens (including phenoxy) is 4. The van der Waals surface area contributed by atoms with Crippen LogP contribution in [0.1, 0.15) is 226 Å². The molecule has 0 rings (SSSR count). The number of hydrogen-bond acceptors (Lipinski definition) is 7. The van der Waals surface area contributed by atoms with E-state index in [-0.39, 0.29) is 38.6 Å². The zero-order chi connectivity index (χ0) is 55.5. The van der Waals surface area contributed by atoms with Crippen LogP contribution in [0.3, 0.4) is 0 Å². The van der Waals surface area contributed by atoms with Crippen LogP contribution in [0.4, 0.5) is 0 Å². The van der Waals surface area contributed by atoms with Gasteiger partial charge in [-0.05, 0) is 109 Å². The van der Waals surface area contributed by atoms with Gasteiger partial charge in [-0.25, -0.2) is 4.79 Å². The van der Waals surface area contributed by atoms with E-state index in [0.29, 0.717) is 17.4 Å². The van der Waals surface area contributed by atoms with Gasteiger partial charge < -0.3 is 28.5 Å². The van der Waals surface area contributed by atoms with Gasteiger partial charge in [-0.2, -0.15) is 0 Å². The van der Waals surface area contributed by atoms with Crippen molar-refractivity contribution in [1.82, 2.24) is 0 Å². The quantitative estimate of drug-likeness (QED) is 0.0211. The summed E-state index contributed by atoms with van der Waals surface area (Å²) in [4.78, 5) is 37.4. The average molecular weight is 1060 g/mol. The van der Waals surface area contributed by atoms with Gasteiger partial charge in [0.2, 0.25) is 0 Å². The molecule has 0 saturated heterocycles. The van der Waals surface area contributed by atoms with Gasteiger partial charge >= 0.3 is 17.9 Å². The SMILES string of the molecule is CC/C=C\C/C=C\C/C=C\C/C=C\C/C=C\C/C=C\C/C=C\C/C=C\C/C=C\CCCCCCCCCC(=O)OC(COC(=O)CCCCCCC/C=C\CCCCCCCCC)COC(OCC[N+](C)(C)C)C(=O)O. The Morgan fingerprint density at radius 3 is 1.13 bits per heavy atom. The zero-order valence-electron chi connectivity index (χ0n) is 49.1. The molecule has 0 aromatic heterocycles. The van der Waals surface area contributed by atoms with Gasteiger partial charge in [0.1, 0.15) is 13.2 Å². The molecule has 2 atom stereocenters. The fourth-order valence-corrected chi connectivity index (χ4v) is 7.82. The summed E-state index contributed by atoms with van der Waals surface area (Å²) in [6.45, 7) is 4.72. The lowest BCUT2D eigenvalue weighted by Gasteiger charge is -2.25. The van der Waals surface area contributed by atoms with Crippen LogP contribution in [0.2, 0.25) is 0 Å². The first-order valence-corrected chi connectivity index (χ1v) is 30.2. The summed E-state index contributed by atoms with van der Waals surface area (Å²) in [5.74, 6) is -2.04. The highest BCUT2D eigenvalue weighted by molar-refractivity contribution is 5.71. The van der Waals surface area contributed by atoms with Crippen molar-refractivity contribution >= 4 is 17.9 Å². The Bertz CT molecular complexity index is 1660. The normalized spacial score (nSPS) is 13.6. The topological polar surface area (TPSA) is 108 Å². The second-order valence-corrected chi connectivity index (χ2v) is 20.9. The fraction of sp³-hybridized carbons (Fsp3) is 0.657. The van der Waals surface area contributed by atoms with Gasteiger partial charge in [0.25, 0.3) is 6.29 Å². The van der Waals surface area contributed by atoms with Crippen molar-refractivity contribution in [3.8, 4) is 0 Å². The molecule has 0 amide bonds. The molecule has 76 heavy (non-hydrogen) atoms. The van der Waals surface area contributed by atoms with E-state index in [1.165, 1.54) is 70.6 Å². The number of aliphatic carboxylic acids is 1. The largest absolute Gasteiger partial charge is 0.477 e. The van der Waals surface area contributed by atoms with Crippen LogP contribution < -0.4 is 0 Å². The number of unbranched alkanes of at least 4 members (excludes halogenated alkanes) is 19. The van der Waals surface area contributed by atoms with E-state index in [9.17, 15) is 19.5 Å². The minimum Gasteiger partial charge on any atom is -0.477 e. The Kier molecular flexibility index (Phi) is 53.7. The number of rotatable bonds is 54. The van der Waals surface area contributed by atoms with Crippen LogP contribution in [0.15, 0.2) is 122 Å². The van der Waals surface area contributed by atoms with E-state index in [1.54, 1.807) is 0 Å². The van der Waals surface area contributed by atoms with E-state index >= 15 is 0 Å². The molecule has 9 heteroatoms. The predicted octanol–water partition coefficient (Wildman–Crippen LogP) is 18.1. The maximum Gasteiger partial charge on any atom is 0.361 e. The van der Waals surface area contributed by atoms with Crippen LogP contribution in [0.25, 0.3) is 0 Å². The molecule has 0 aliphatic heterocycles. The van der Waals surface area contributed by atoms with Crippen molar-refractivity contribution < 1.29 is 42.9 Å². The summed E-state index contributed by atoms with van der Waals surface area (Å²) < 4.78 is 22.8. The van der Waals surface area contributed by atoms with Crippen LogP contribution in [-0.2, 0) is 33.3 Å². The van der Waals surface area contributed by atoms with Crippen LogP contribution in [0.5, 0.6) is 0 Å². The number of quaternary nitrogens is 1. The summed E-state index contributed by atoms with van der Waals surface area (Å²) >= 11 is 0. The van der Waals surface area contributed by atoms with Gasteiger partial charge in [0.15, 0.2) is 6.10 Å². The van der Waals surface area contributed by atoms with Crippen LogP contribution in [0, 0.1) is 0 Å². The molecule has 0 bridgehead atoms. The van der Waals surface area contributed by atoms with Gasteiger partial charge in [-0.1, -0.05) is 225 Å². The first-order chi connectivity index (χ1) is 37.1. The number of esters is 2. The van der Waals surface area contributed by atoms with Gasteiger partial charge in [0.05, 0.1) is 34.4 Å². The molecular formula is C67H112NO8+. The van der Waals surface area contributed by atoms with Gasteiger partial charge in [-0.15, -0.1) is 0 Å². The molecule has 0 aliphatic rings. The fourth-order valence-electron chi connectivity index (χ4n) is 7.82. The monoisotopic (exact) mass is 1060 g/mol. The lowest BCUT2D eigenvalue weighted by Crippen LogP contribution is -2.40. The molecule has 0 fully saturated rings. The second kappa shape index (κ2) is 56.9. The highest BCUT2D eigenvalue weighted by Crippen LogP contribution is 2.14. The number of nitrogens with zero attached hydrogens (tertiary/aromatic N) is 1. The Labute approximate surface area is 466 Å². The summed E-state index contributed by atoms with van der Waals surface area (Å²) in [5.41, 5.74) is 0. The standard InChI is InChI=1S/C67H111NO8/c1-6-8-10-12-14-16-18-20-22-24-25-26-27-28-29-30-31-32-33-34-35-36-37-38-39-40-41-42-44-46-48-50-52-54-56-58-65(70)76-63(62-75-67(66(71)72)73-60-59-68(3,4)5)61-74-64(69)57-55-53-51-49-47-45-43-23-21-19-17-15-13-11-9-7-2/h8,10,14,16,20,22-23,25-26,28-29,31-32,34-35,37-38,40-41,43,63,67H,6-7,9,11-13,15,17-19,21,24,27,30,33,36,39,42,44-62H2,1-5H3/p+1/b10-8-,16-14-,22-20-,26-25-,29-28-,32-31-,35-34-,38-37-,41-40-,43-23-. The molecule has 2 unspecified atom stereocenters. The number of allylic oxidation sites excluding steroid dienone is 20. The minimum atomic E-state index is -1.52. The number of carboxylic acids is 1. The lowest BCUT2D eigenvalue weighted by molar-refractivity contribution is -0.870. The smallest absolute Gasteiger partial charge is 0.361 e. The molecule has 0 saturated carbocycles. The second-order valence-electron chi connectivity index (χ2n) is 20.9. The maximum absolute atomic E-state index is 12.9. The van der Waals surface area contributed by atoms with E-state index in [4.69, 9.17) is 18.9 Å². The Morgan fingerprint density at radius 1 is 0.408 bits per heavy atom. The third-order valence-electron chi connectivity index (χ3n) is 12.5. The van der Waals surface area contributed by atoms with Crippen molar-refractivity contribution in [2.75, 3.05) is 47.5 Å². The number of carboxylic acid groups (broad SMARTS) is 1. The Morgan fingerprint density at radius 2 is 0.750 bits per heavy atom. The Balaban J connectivity index is 4.25. The van der Waals surface area contributed by atoms with E-state index in [1.807, 2.05) is 21.1 Å². The number of likely N-dealkylation sites (N-methyl/N-ethyl adjacent to an activating group) is 1. The van der Waals surface area contributed by atoms with Gasteiger partial charge in [0, 0.05) is 12.8 Å². The zero-order valence-corrected chi connectivity index (χ0v) is 49.1. The Hall–Kier alpha value is -4.31. The van der Waals surface area contributed by atoms with E-state index in [2.05, 4.69) is 135 Å². The van der Waals surface area contributed by atoms with Crippen molar-refractivity contribution in [3.05, 3.63) is 122 Å². The summed E-state index contributed by atoms with van der Waals surface area (Å²) in [5, 5.41) is 9.70. The van der Waals surface area contributed by atoms with Crippen molar-refractivity contribution in [2.45, 2.75) is 238 Å². The number of carbonyl (C=O) groups excluding carboxylic acids is 2. The van der Waals surface area contributed by atoms with E-state index in [0.717, 1.165) is 122 Å². The summed E-state index contributed by atoms with van der Waals surface area (Å²) in [6, 6.07) is 0. The maximum atomic E-state index is 12.9. The van der Waals surface area contributed by atoms with Crippen LogP contribution in [-0.4, -0.2) is 87.4 Å². The third kappa shape index (κ3) is 57.4.